The fourth-order valence-corrected chi connectivity index (χ4v) is 6.77. The topological polar surface area (TPSA) is 128 Å². The van der Waals surface area contributed by atoms with Gasteiger partial charge >= 0.3 is 11.9 Å². The Bertz CT molecular complexity index is 922. The van der Waals surface area contributed by atoms with Gasteiger partial charge < -0.3 is 25.1 Å². The van der Waals surface area contributed by atoms with Crippen molar-refractivity contribution in [1.29, 1.82) is 0 Å². The summed E-state index contributed by atoms with van der Waals surface area (Å²) in [6.45, 7) is 9.43. The van der Waals surface area contributed by atoms with Crippen LogP contribution in [0.25, 0.3) is 0 Å². The Balaban J connectivity index is 2.82. The standard InChI is InChI=1S/C42H78N4O5/c1-5-9-13-17-19-23-27-36(25-21-15-11-7-3)41(48)50-31-29-46(40(47)39(43)33-38-34-44-35-45-38)30-32-51-42(49)37(26-22-16-12-8-4)28-24-20-18-14-10-6-2/h34-37,39H,5-33,43H2,1-4H3,(H,44,45). The quantitative estimate of drug-likeness (QED) is 0.0528. The first-order valence-electron chi connectivity index (χ1n) is 21.2. The zero-order valence-corrected chi connectivity index (χ0v) is 33.4. The Kier molecular flexibility index (Phi) is 29.5. The fourth-order valence-electron chi connectivity index (χ4n) is 6.77. The molecule has 1 aromatic heterocycles. The predicted molar refractivity (Wildman–Crippen MR) is 209 cm³/mol. The fraction of sp³-hybridized carbons (Fsp3) is 0.857. The van der Waals surface area contributed by atoms with Gasteiger partial charge in [-0.25, -0.2) is 4.98 Å². The molecule has 0 aliphatic rings. The lowest BCUT2D eigenvalue weighted by Gasteiger charge is -2.26. The second kappa shape index (κ2) is 32.2. The number of nitrogens with one attached hydrogen (secondary N) is 1. The van der Waals surface area contributed by atoms with E-state index in [0.717, 1.165) is 95.6 Å². The molecule has 0 bridgehead atoms. The van der Waals surface area contributed by atoms with Gasteiger partial charge in [-0.05, 0) is 25.7 Å². The smallest absolute Gasteiger partial charge is 0.308 e. The highest BCUT2D eigenvalue weighted by Gasteiger charge is 2.25. The number of rotatable bonds is 35. The molecule has 3 N–H and O–H groups in total. The van der Waals surface area contributed by atoms with Gasteiger partial charge in [-0.3, -0.25) is 14.4 Å². The molecule has 0 saturated carbocycles. The van der Waals surface area contributed by atoms with Crippen LogP contribution in [0.4, 0.5) is 0 Å². The molecule has 0 fully saturated rings. The summed E-state index contributed by atoms with van der Waals surface area (Å²) in [6, 6.07) is -0.796. The van der Waals surface area contributed by atoms with Crippen molar-refractivity contribution in [2.45, 2.75) is 194 Å². The Morgan fingerprint density at radius 3 is 1.37 bits per heavy atom. The lowest BCUT2D eigenvalue weighted by Crippen LogP contribution is -2.47. The van der Waals surface area contributed by atoms with Crippen LogP contribution in [0.2, 0.25) is 0 Å². The van der Waals surface area contributed by atoms with Crippen LogP contribution in [0.3, 0.4) is 0 Å². The minimum Gasteiger partial charge on any atom is -0.464 e. The van der Waals surface area contributed by atoms with E-state index >= 15 is 0 Å². The number of carbonyl (C=O) groups excluding carboxylic acids is 3. The largest absolute Gasteiger partial charge is 0.464 e. The van der Waals surface area contributed by atoms with Gasteiger partial charge in [-0.15, -0.1) is 0 Å². The molecule has 3 unspecified atom stereocenters. The van der Waals surface area contributed by atoms with Crippen molar-refractivity contribution < 1.29 is 23.9 Å². The third-order valence-corrected chi connectivity index (χ3v) is 10.1. The van der Waals surface area contributed by atoms with Crippen LogP contribution in [-0.2, 0) is 30.3 Å². The third kappa shape index (κ3) is 23.7. The Morgan fingerprint density at radius 1 is 0.627 bits per heavy atom. The van der Waals surface area contributed by atoms with Gasteiger partial charge in [0.2, 0.25) is 5.91 Å². The first-order valence-corrected chi connectivity index (χ1v) is 21.2. The number of H-pyrrole nitrogens is 1. The van der Waals surface area contributed by atoms with E-state index in [4.69, 9.17) is 15.2 Å². The number of aromatic nitrogens is 2. The number of aromatic amines is 1. The molecule has 0 aliphatic heterocycles. The average Bonchev–Trinajstić information content (AvgIpc) is 3.64. The van der Waals surface area contributed by atoms with Gasteiger partial charge in [-0.2, -0.15) is 0 Å². The van der Waals surface area contributed by atoms with E-state index < -0.39 is 6.04 Å². The van der Waals surface area contributed by atoms with Crippen molar-refractivity contribution in [2.24, 2.45) is 17.6 Å². The van der Waals surface area contributed by atoms with Crippen LogP contribution in [0, 0.1) is 11.8 Å². The van der Waals surface area contributed by atoms with Crippen LogP contribution in [0.5, 0.6) is 0 Å². The number of ether oxygens (including phenoxy) is 2. The number of imidazole rings is 1. The lowest BCUT2D eigenvalue weighted by atomic mass is 9.94. The van der Waals surface area contributed by atoms with E-state index in [9.17, 15) is 14.4 Å². The van der Waals surface area contributed by atoms with Crippen molar-refractivity contribution in [1.82, 2.24) is 14.9 Å². The van der Waals surface area contributed by atoms with Gasteiger partial charge in [0.15, 0.2) is 0 Å². The number of hydrogen-bond donors (Lipinski definition) is 2. The van der Waals surface area contributed by atoms with E-state index in [1.807, 2.05) is 0 Å². The number of carbonyl (C=O) groups is 3. The molecule has 1 heterocycles. The maximum Gasteiger partial charge on any atom is 0.308 e. The molecule has 1 rings (SSSR count). The molecule has 0 spiro atoms. The summed E-state index contributed by atoms with van der Waals surface area (Å²) in [5.74, 6) is -0.811. The average molecular weight is 719 g/mol. The van der Waals surface area contributed by atoms with Gasteiger partial charge in [0, 0.05) is 18.3 Å². The molecule has 9 nitrogen and oxygen atoms in total. The van der Waals surface area contributed by atoms with Crippen LogP contribution in [-0.4, -0.2) is 65.1 Å². The molecule has 0 aromatic carbocycles. The minimum atomic E-state index is -0.796. The van der Waals surface area contributed by atoms with Crippen molar-refractivity contribution in [3.63, 3.8) is 0 Å². The molecular weight excluding hydrogens is 640 g/mol. The third-order valence-electron chi connectivity index (χ3n) is 10.1. The molecule has 1 amide bonds. The molecular formula is C42H78N4O5. The van der Waals surface area contributed by atoms with Gasteiger partial charge in [0.05, 0.1) is 37.3 Å². The highest BCUT2D eigenvalue weighted by Crippen LogP contribution is 2.22. The summed E-state index contributed by atoms with van der Waals surface area (Å²) in [6.07, 6.45) is 30.2. The van der Waals surface area contributed by atoms with Crippen molar-refractivity contribution in [3.05, 3.63) is 18.2 Å². The summed E-state index contributed by atoms with van der Waals surface area (Å²) in [5, 5.41) is 0. The SMILES string of the molecule is CCCCCCCCC(CCCCCC)C(=O)OCCN(CCOC(=O)C(CCCCCC)CCCCCCCC)C(=O)C(N)Cc1cnc[nH]1. The van der Waals surface area contributed by atoms with E-state index in [1.165, 1.54) is 64.2 Å². The molecule has 0 saturated heterocycles. The highest BCUT2D eigenvalue weighted by molar-refractivity contribution is 5.82. The predicted octanol–water partition coefficient (Wildman–Crippen LogP) is 9.87. The summed E-state index contributed by atoms with van der Waals surface area (Å²) in [5.41, 5.74) is 7.14. The van der Waals surface area contributed by atoms with E-state index in [2.05, 4.69) is 37.7 Å². The van der Waals surface area contributed by atoms with Crippen molar-refractivity contribution in [2.75, 3.05) is 26.3 Å². The van der Waals surface area contributed by atoms with Crippen LogP contribution in [0.1, 0.15) is 187 Å². The number of esters is 2. The molecule has 0 radical (unpaired) electrons. The maximum absolute atomic E-state index is 13.6. The zero-order valence-electron chi connectivity index (χ0n) is 33.4. The molecule has 3 atom stereocenters. The molecule has 296 valence electrons. The zero-order chi connectivity index (χ0) is 37.4. The number of unbranched alkanes of at least 4 members (excludes halogenated alkanes) is 16. The first kappa shape index (κ1) is 46.6. The number of nitrogens with two attached hydrogens (primary N) is 1. The Labute approximate surface area is 312 Å². The van der Waals surface area contributed by atoms with Crippen LogP contribution >= 0.6 is 0 Å². The van der Waals surface area contributed by atoms with Gasteiger partial charge in [-0.1, -0.05) is 156 Å². The molecule has 51 heavy (non-hydrogen) atoms. The minimum absolute atomic E-state index is 0.0926. The molecule has 0 aliphatic carbocycles. The van der Waals surface area contributed by atoms with E-state index in [1.54, 1.807) is 17.4 Å². The number of nitrogens with zero attached hydrogens (tertiary/aromatic N) is 2. The second-order valence-corrected chi connectivity index (χ2v) is 14.8. The van der Waals surface area contributed by atoms with Crippen LogP contribution in [0.15, 0.2) is 12.5 Å². The Morgan fingerprint density at radius 2 is 1.00 bits per heavy atom. The summed E-state index contributed by atoms with van der Waals surface area (Å²) in [7, 11) is 0. The first-order chi connectivity index (χ1) is 24.9. The number of amides is 1. The number of hydrogen-bond acceptors (Lipinski definition) is 7. The van der Waals surface area contributed by atoms with Gasteiger partial charge in [0.25, 0.3) is 0 Å². The van der Waals surface area contributed by atoms with E-state index in [0.29, 0.717) is 6.42 Å². The normalized spacial score (nSPS) is 13.1. The second-order valence-electron chi connectivity index (χ2n) is 14.8. The molecule has 1 aromatic rings. The van der Waals surface area contributed by atoms with Crippen molar-refractivity contribution >= 4 is 17.8 Å². The van der Waals surface area contributed by atoms with Crippen LogP contribution < -0.4 is 5.73 Å². The van der Waals surface area contributed by atoms with E-state index in [-0.39, 0.29) is 56.0 Å². The molecule has 9 heteroatoms. The highest BCUT2D eigenvalue weighted by atomic mass is 16.5. The lowest BCUT2D eigenvalue weighted by molar-refractivity contribution is -0.152. The monoisotopic (exact) mass is 719 g/mol. The maximum atomic E-state index is 13.6. The summed E-state index contributed by atoms with van der Waals surface area (Å²) >= 11 is 0. The van der Waals surface area contributed by atoms with Gasteiger partial charge in [0.1, 0.15) is 13.2 Å². The summed E-state index contributed by atoms with van der Waals surface area (Å²) < 4.78 is 11.7. The van der Waals surface area contributed by atoms with Crippen molar-refractivity contribution in [3.8, 4) is 0 Å². The summed E-state index contributed by atoms with van der Waals surface area (Å²) in [4.78, 5) is 48.8. The Hall–Kier alpha value is -2.42.